The van der Waals surface area contributed by atoms with Gasteiger partial charge in [0.15, 0.2) is 0 Å². The summed E-state index contributed by atoms with van der Waals surface area (Å²) in [6.07, 6.45) is 1.44. The zero-order valence-electron chi connectivity index (χ0n) is 13.9. The Labute approximate surface area is 133 Å². The molecule has 0 amide bonds. The van der Waals surface area contributed by atoms with Crippen LogP contribution >= 0.6 is 0 Å². The van der Waals surface area contributed by atoms with Crippen molar-refractivity contribution >= 4 is 0 Å². The van der Waals surface area contributed by atoms with Crippen LogP contribution in [0.3, 0.4) is 0 Å². The maximum absolute atomic E-state index is 12.9. The molecule has 1 atom stereocenters. The van der Waals surface area contributed by atoms with Gasteiger partial charge in [-0.15, -0.1) is 0 Å². The van der Waals surface area contributed by atoms with E-state index in [9.17, 15) is 9.50 Å². The minimum Gasteiger partial charge on any atom is -0.388 e. The fraction of sp³-hybridized carbons (Fsp3) is 0.667. The third kappa shape index (κ3) is 5.34. The molecular formula is C18H28FNO2. The molecule has 3 nitrogen and oxygen atoms in total. The molecule has 4 heteroatoms. The van der Waals surface area contributed by atoms with Crippen molar-refractivity contribution in [3.05, 3.63) is 35.6 Å². The fourth-order valence-corrected chi connectivity index (χ4v) is 2.91. The lowest BCUT2D eigenvalue weighted by Crippen LogP contribution is -2.38. The summed E-state index contributed by atoms with van der Waals surface area (Å²) in [5.74, 6) is -0.00476. The Balaban J connectivity index is 1.75. The molecular weight excluding hydrogens is 281 g/mol. The second-order valence-corrected chi connectivity index (χ2v) is 7.14. The van der Waals surface area contributed by atoms with Gasteiger partial charge in [0.2, 0.25) is 0 Å². The third-order valence-electron chi connectivity index (χ3n) is 4.23. The molecule has 0 bridgehead atoms. The Hall–Kier alpha value is -0.970. The highest BCUT2D eigenvalue weighted by atomic mass is 19.1. The Kier molecular flexibility index (Phi) is 5.95. The van der Waals surface area contributed by atoms with Gasteiger partial charge in [-0.05, 0) is 70.3 Å². The van der Waals surface area contributed by atoms with Crippen molar-refractivity contribution < 1.29 is 14.2 Å². The topological polar surface area (TPSA) is 32.7 Å². The number of likely N-dealkylation sites (tertiary alicyclic amines) is 1. The van der Waals surface area contributed by atoms with Gasteiger partial charge in [0, 0.05) is 6.54 Å². The van der Waals surface area contributed by atoms with Crippen LogP contribution in [0.1, 0.15) is 45.3 Å². The zero-order valence-corrected chi connectivity index (χ0v) is 13.9. The number of hydrogen-bond acceptors (Lipinski definition) is 3. The van der Waals surface area contributed by atoms with Crippen molar-refractivity contribution in [2.75, 3.05) is 26.2 Å². The SMILES string of the molecule is CC(C)(C)OCCN1CCC(C(O)c2ccc(F)cc2)CC1. The molecule has 124 valence electrons. The maximum atomic E-state index is 12.9. The lowest BCUT2D eigenvalue weighted by molar-refractivity contribution is -0.0199. The number of piperidine rings is 1. The number of hydrogen-bond donors (Lipinski definition) is 1. The van der Waals surface area contributed by atoms with E-state index in [1.165, 1.54) is 12.1 Å². The molecule has 1 aliphatic rings. The van der Waals surface area contributed by atoms with Gasteiger partial charge >= 0.3 is 0 Å². The molecule has 0 spiro atoms. The lowest BCUT2D eigenvalue weighted by atomic mass is 9.87. The highest BCUT2D eigenvalue weighted by molar-refractivity contribution is 5.19. The second kappa shape index (κ2) is 7.53. The van der Waals surface area contributed by atoms with E-state index in [1.54, 1.807) is 12.1 Å². The first-order valence-corrected chi connectivity index (χ1v) is 8.15. The number of benzene rings is 1. The summed E-state index contributed by atoms with van der Waals surface area (Å²) in [7, 11) is 0. The maximum Gasteiger partial charge on any atom is 0.123 e. The summed E-state index contributed by atoms with van der Waals surface area (Å²) in [6.45, 7) is 9.85. The van der Waals surface area contributed by atoms with E-state index in [0.29, 0.717) is 0 Å². The average molecular weight is 309 g/mol. The molecule has 22 heavy (non-hydrogen) atoms. The number of rotatable bonds is 5. The predicted molar refractivity (Wildman–Crippen MR) is 86.2 cm³/mol. The molecule has 0 aromatic heterocycles. The van der Waals surface area contributed by atoms with Crippen molar-refractivity contribution in [2.45, 2.75) is 45.3 Å². The van der Waals surface area contributed by atoms with Gasteiger partial charge in [0.25, 0.3) is 0 Å². The number of halogens is 1. The highest BCUT2D eigenvalue weighted by Crippen LogP contribution is 2.30. The van der Waals surface area contributed by atoms with Crippen LogP contribution in [0, 0.1) is 11.7 Å². The van der Waals surface area contributed by atoms with E-state index in [0.717, 1.165) is 44.6 Å². The predicted octanol–water partition coefficient (Wildman–Crippen LogP) is 3.39. The molecule has 1 heterocycles. The van der Waals surface area contributed by atoms with Crippen molar-refractivity contribution in [3.8, 4) is 0 Å². The van der Waals surface area contributed by atoms with E-state index >= 15 is 0 Å². The summed E-state index contributed by atoms with van der Waals surface area (Å²) in [4.78, 5) is 2.39. The molecule has 1 saturated heterocycles. The van der Waals surface area contributed by atoms with Crippen LogP contribution in [-0.2, 0) is 4.74 Å². The highest BCUT2D eigenvalue weighted by Gasteiger charge is 2.26. The average Bonchev–Trinajstić information content (AvgIpc) is 2.47. The van der Waals surface area contributed by atoms with Gasteiger partial charge in [-0.3, -0.25) is 0 Å². The molecule has 1 unspecified atom stereocenters. The molecule has 1 fully saturated rings. The monoisotopic (exact) mass is 309 g/mol. The summed E-state index contributed by atoms with van der Waals surface area (Å²) < 4.78 is 18.7. The minimum absolute atomic E-state index is 0.0862. The van der Waals surface area contributed by atoms with Crippen LogP contribution in [0.15, 0.2) is 24.3 Å². The van der Waals surface area contributed by atoms with Crippen LogP contribution in [-0.4, -0.2) is 41.8 Å². The number of nitrogens with zero attached hydrogens (tertiary/aromatic N) is 1. The first kappa shape index (κ1) is 17.4. The second-order valence-electron chi connectivity index (χ2n) is 7.14. The van der Waals surface area contributed by atoms with Gasteiger partial charge in [0.1, 0.15) is 5.82 Å². The summed E-state index contributed by atoms with van der Waals surface area (Å²) >= 11 is 0. The van der Waals surface area contributed by atoms with Crippen molar-refractivity contribution in [1.29, 1.82) is 0 Å². The smallest absolute Gasteiger partial charge is 0.123 e. The summed E-state index contributed by atoms with van der Waals surface area (Å²) in [5.41, 5.74) is 0.729. The first-order valence-electron chi connectivity index (χ1n) is 8.15. The Morgan fingerprint density at radius 2 is 1.82 bits per heavy atom. The molecule has 1 aromatic carbocycles. The van der Waals surface area contributed by atoms with E-state index in [2.05, 4.69) is 25.7 Å². The van der Waals surface area contributed by atoms with Crippen LogP contribution < -0.4 is 0 Å². The summed E-state index contributed by atoms with van der Waals surface area (Å²) in [6, 6.07) is 6.20. The van der Waals surface area contributed by atoms with E-state index in [4.69, 9.17) is 4.74 Å². The van der Waals surface area contributed by atoms with Gasteiger partial charge in [-0.25, -0.2) is 4.39 Å². The van der Waals surface area contributed by atoms with Crippen LogP contribution in [0.5, 0.6) is 0 Å². The first-order chi connectivity index (χ1) is 10.3. The summed E-state index contributed by atoms with van der Waals surface area (Å²) in [5, 5.41) is 10.4. The molecule has 0 aliphatic carbocycles. The molecule has 1 N–H and O–H groups in total. The van der Waals surface area contributed by atoms with Crippen molar-refractivity contribution in [2.24, 2.45) is 5.92 Å². The molecule has 1 aromatic rings. The van der Waals surface area contributed by atoms with E-state index in [-0.39, 0.29) is 17.3 Å². The Morgan fingerprint density at radius 1 is 1.23 bits per heavy atom. The molecule has 2 rings (SSSR count). The largest absolute Gasteiger partial charge is 0.388 e. The standard InChI is InChI=1S/C18H28FNO2/c1-18(2,3)22-13-12-20-10-8-15(9-11-20)17(21)14-4-6-16(19)7-5-14/h4-7,15,17,21H,8-13H2,1-3H3. The normalized spacial score (nSPS) is 19.3. The number of aliphatic hydroxyl groups excluding tert-OH is 1. The lowest BCUT2D eigenvalue weighted by Gasteiger charge is -2.34. The van der Waals surface area contributed by atoms with Gasteiger partial charge in [-0.2, -0.15) is 0 Å². The van der Waals surface area contributed by atoms with Crippen LogP contribution in [0.4, 0.5) is 4.39 Å². The quantitative estimate of drug-likeness (QED) is 0.905. The van der Waals surface area contributed by atoms with Gasteiger partial charge < -0.3 is 14.7 Å². The third-order valence-corrected chi connectivity index (χ3v) is 4.23. The molecule has 1 aliphatic heterocycles. The minimum atomic E-state index is -0.492. The van der Waals surface area contributed by atoms with Crippen LogP contribution in [0.25, 0.3) is 0 Å². The van der Waals surface area contributed by atoms with Gasteiger partial charge in [0.05, 0.1) is 18.3 Å². The van der Waals surface area contributed by atoms with Gasteiger partial charge in [-0.1, -0.05) is 12.1 Å². The molecule has 0 radical (unpaired) electrons. The van der Waals surface area contributed by atoms with Crippen molar-refractivity contribution in [1.82, 2.24) is 4.90 Å². The van der Waals surface area contributed by atoms with Crippen LogP contribution in [0.2, 0.25) is 0 Å². The van der Waals surface area contributed by atoms with E-state index < -0.39 is 6.10 Å². The molecule has 0 saturated carbocycles. The number of aliphatic hydroxyl groups is 1. The Bertz CT molecular complexity index is 447. The fourth-order valence-electron chi connectivity index (χ4n) is 2.91. The number of ether oxygens (including phenoxy) is 1. The van der Waals surface area contributed by atoms with E-state index in [1.807, 2.05) is 0 Å². The zero-order chi connectivity index (χ0) is 16.2. The Morgan fingerprint density at radius 3 is 2.36 bits per heavy atom. The van der Waals surface area contributed by atoms with Crippen molar-refractivity contribution in [3.63, 3.8) is 0 Å².